The third kappa shape index (κ3) is 2.52. The Labute approximate surface area is 155 Å². The predicted molar refractivity (Wildman–Crippen MR) is 103 cm³/mol. The maximum atomic E-state index is 10.2. The zero-order chi connectivity index (χ0) is 18.4. The molecular weight excluding hydrogens is 348 g/mol. The number of hydrogen-bond acceptors (Lipinski definition) is 5. The van der Waals surface area contributed by atoms with Crippen LogP contribution < -0.4 is 0 Å². The number of hydrogen-bond donors (Lipinski definition) is 3. The Hall–Kier alpha value is -2.93. The maximum absolute atomic E-state index is 10.2. The van der Waals surface area contributed by atoms with E-state index < -0.39 is 0 Å². The molecule has 0 amide bonds. The summed E-state index contributed by atoms with van der Waals surface area (Å²) in [5.41, 5.74) is 2.44. The van der Waals surface area contributed by atoms with Crippen molar-refractivity contribution in [3.8, 4) is 28.6 Å². The van der Waals surface area contributed by atoms with Gasteiger partial charge in [-0.1, -0.05) is 6.07 Å². The Morgan fingerprint density at radius 2 is 1.85 bits per heavy atom. The molecule has 0 aliphatic heterocycles. The lowest BCUT2D eigenvalue weighted by Gasteiger charge is -2.13. The van der Waals surface area contributed by atoms with Crippen molar-refractivity contribution in [2.75, 3.05) is 0 Å². The summed E-state index contributed by atoms with van der Waals surface area (Å²) in [5.74, 6) is 0.371. The van der Waals surface area contributed by atoms with Crippen LogP contribution in [0.1, 0.15) is 19.9 Å². The Morgan fingerprint density at radius 1 is 1.04 bits per heavy atom. The van der Waals surface area contributed by atoms with Gasteiger partial charge >= 0.3 is 0 Å². The van der Waals surface area contributed by atoms with Crippen LogP contribution in [0.5, 0.6) is 11.5 Å². The lowest BCUT2D eigenvalue weighted by molar-refractivity contribution is 0.451. The van der Waals surface area contributed by atoms with Gasteiger partial charge in [0.2, 0.25) is 0 Å². The second-order valence-corrected chi connectivity index (χ2v) is 6.79. The van der Waals surface area contributed by atoms with E-state index in [0.29, 0.717) is 22.6 Å². The summed E-state index contributed by atoms with van der Waals surface area (Å²) in [6.07, 6.45) is 2.05. The number of fused-ring (bicyclic) bond motifs is 1. The largest absolute Gasteiger partial charge is 0.508 e. The minimum Gasteiger partial charge on any atom is -0.508 e. The number of nitrogens with zero attached hydrogens (tertiary/aromatic N) is 4. The molecule has 26 heavy (non-hydrogen) atoms. The second-order valence-electron chi connectivity index (χ2n) is 6.39. The second kappa shape index (κ2) is 6.10. The van der Waals surface area contributed by atoms with Crippen LogP contribution in [-0.4, -0.2) is 29.5 Å². The number of benzene rings is 2. The summed E-state index contributed by atoms with van der Waals surface area (Å²) in [4.78, 5) is 0. The molecular formula is C19H18N4O2S. The van der Waals surface area contributed by atoms with Crippen molar-refractivity contribution in [2.24, 2.45) is 0 Å². The van der Waals surface area contributed by atoms with E-state index in [4.69, 9.17) is 0 Å². The Bertz CT molecular complexity index is 1110. The smallest absolute Gasteiger partial charge is 0.193 e. The van der Waals surface area contributed by atoms with Crippen molar-refractivity contribution in [3.63, 3.8) is 0 Å². The van der Waals surface area contributed by atoms with E-state index in [9.17, 15) is 10.2 Å². The van der Waals surface area contributed by atoms with Gasteiger partial charge in [0.15, 0.2) is 11.0 Å². The van der Waals surface area contributed by atoms with E-state index >= 15 is 0 Å². The molecule has 0 bridgehead atoms. The predicted octanol–water partition coefficient (Wildman–Crippen LogP) is 4.17. The minimum absolute atomic E-state index is 0.0143. The fourth-order valence-electron chi connectivity index (χ4n) is 3.20. The standard InChI is InChI=1S/C19H18N4O2S/c1-11(2)22-9-8-13-15(22)4-3-5-16(13)23-18(20-21-19(23)26)14-7-6-12(24)10-17(14)25/h3-11,24-25H,1-2H3,(H,21,26). The fourth-order valence-corrected chi connectivity index (χ4v) is 3.45. The molecule has 0 atom stereocenters. The number of aromatic nitrogens is 4. The normalized spacial score (nSPS) is 11.5. The van der Waals surface area contributed by atoms with Gasteiger partial charge in [-0.3, -0.25) is 4.57 Å². The molecule has 6 nitrogen and oxygen atoms in total. The average molecular weight is 366 g/mol. The van der Waals surface area contributed by atoms with Crippen LogP contribution in [0, 0.1) is 0 Å². The number of aromatic hydroxyl groups is 2. The van der Waals surface area contributed by atoms with Crippen LogP contribution in [0.2, 0.25) is 0 Å². The number of thiol groups is 1. The van der Waals surface area contributed by atoms with Crippen molar-refractivity contribution < 1.29 is 10.2 Å². The highest BCUT2D eigenvalue weighted by Crippen LogP contribution is 2.35. The molecule has 0 unspecified atom stereocenters. The highest BCUT2D eigenvalue weighted by molar-refractivity contribution is 7.80. The third-order valence-corrected chi connectivity index (χ3v) is 4.69. The van der Waals surface area contributed by atoms with E-state index in [0.717, 1.165) is 16.6 Å². The SMILES string of the molecule is CC(C)n1ccc2c(-n3c(S)nnc3-c3ccc(O)cc3O)cccc21. The molecule has 2 aromatic carbocycles. The van der Waals surface area contributed by atoms with Gasteiger partial charge in [0.25, 0.3) is 0 Å². The Balaban J connectivity index is 1.98. The van der Waals surface area contributed by atoms with Crippen LogP contribution in [-0.2, 0) is 0 Å². The van der Waals surface area contributed by atoms with E-state index in [1.165, 1.54) is 12.1 Å². The zero-order valence-corrected chi connectivity index (χ0v) is 15.2. The van der Waals surface area contributed by atoms with Crippen molar-refractivity contribution in [1.82, 2.24) is 19.3 Å². The third-order valence-electron chi connectivity index (χ3n) is 4.41. The molecule has 0 spiro atoms. The molecule has 0 aliphatic rings. The molecule has 0 fully saturated rings. The van der Waals surface area contributed by atoms with Crippen molar-refractivity contribution in [3.05, 3.63) is 48.7 Å². The van der Waals surface area contributed by atoms with Gasteiger partial charge in [-0.15, -0.1) is 22.8 Å². The van der Waals surface area contributed by atoms with Gasteiger partial charge in [-0.2, -0.15) is 0 Å². The number of phenols is 2. The maximum Gasteiger partial charge on any atom is 0.193 e. The zero-order valence-electron chi connectivity index (χ0n) is 14.3. The molecule has 0 saturated carbocycles. The van der Waals surface area contributed by atoms with Gasteiger partial charge in [0, 0.05) is 23.7 Å². The van der Waals surface area contributed by atoms with Crippen molar-refractivity contribution in [1.29, 1.82) is 0 Å². The first kappa shape index (κ1) is 16.5. The van der Waals surface area contributed by atoms with Gasteiger partial charge in [-0.05, 0) is 44.2 Å². The fraction of sp³-hybridized carbons (Fsp3) is 0.158. The summed E-state index contributed by atoms with van der Waals surface area (Å²) in [6.45, 7) is 4.27. The highest BCUT2D eigenvalue weighted by atomic mass is 32.1. The summed E-state index contributed by atoms with van der Waals surface area (Å²) < 4.78 is 3.99. The molecule has 4 rings (SSSR count). The van der Waals surface area contributed by atoms with Crippen LogP contribution in [0.25, 0.3) is 28.0 Å². The van der Waals surface area contributed by atoms with Crippen LogP contribution in [0.4, 0.5) is 0 Å². The molecule has 0 saturated heterocycles. The molecule has 7 heteroatoms. The molecule has 0 radical (unpaired) electrons. The summed E-state index contributed by atoms with van der Waals surface area (Å²) in [5, 5.41) is 29.5. The van der Waals surface area contributed by atoms with Gasteiger partial charge < -0.3 is 14.8 Å². The first-order valence-electron chi connectivity index (χ1n) is 8.24. The van der Waals surface area contributed by atoms with E-state index in [1.54, 1.807) is 10.6 Å². The Kier molecular flexibility index (Phi) is 3.88. The molecule has 132 valence electrons. The quantitative estimate of drug-likeness (QED) is 0.476. The first-order valence-corrected chi connectivity index (χ1v) is 8.68. The molecule has 4 aromatic rings. The first-order chi connectivity index (χ1) is 12.5. The highest BCUT2D eigenvalue weighted by Gasteiger charge is 2.19. The lowest BCUT2D eigenvalue weighted by atomic mass is 10.1. The van der Waals surface area contributed by atoms with Gasteiger partial charge in [0.05, 0.1) is 16.8 Å². The van der Waals surface area contributed by atoms with Crippen LogP contribution >= 0.6 is 12.6 Å². The molecule has 0 aliphatic carbocycles. The average Bonchev–Trinajstić information content (AvgIpc) is 3.18. The van der Waals surface area contributed by atoms with Crippen LogP contribution in [0.3, 0.4) is 0 Å². The summed E-state index contributed by atoms with van der Waals surface area (Å²) in [7, 11) is 0. The van der Waals surface area contributed by atoms with Crippen molar-refractivity contribution >= 4 is 23.5 Å². The minimum atomic E-state index is -0.0705. The Morgan fingerprint density at radius 3 is 2.58 bits per heavy atom. The molecule has 2 N–H and O–H groups in total. The monoisotopic (exact) mass is 366 g/mol. The van der Waals surface area contributed by atoms with Crippen LogP contribution in [0.15, 0.2) is 53.8 Å². The number of phenolic OH excluding ortho intramolecular Hbond substituents is 2. The van der Waals surface area contributed by atoms with Gasteiger partial charge in [0.1, 0.15) is 11.5 Å². The topological polar surface area (TPSA) is 76.1 Å². The van der Waals surface area contributed by atoms with E-state index in [-0.39, 0.29) is 11.5 Å². The molecule has 2 aromatic heterocycles. The van der Waals surface area contributed by atoms with E-state index in [1.807, 2.05) is 12.1 Å². The van der Waals surface area contributed by atoms with Crippen molar-refractivity contribution in [2.45, 2.75) is 25.0 Å². The van der Waals surface area contributed by atoms with Gasteiger partial charge in [-0.25, -0.2) is 0 Å². The van der Waals surface area contributed by atoms with E-state index in [2.05, 4.69) is 59.6 Å². The number of rotatable bonds is 3. The summed E-state index contributed by atoms with van der Waals surface area (Å²) in [6, 6.07) is 12.8. The lowest BCUT2D eigenvalue weighted by Crippen LogP contribution is -2.01. The molecule has 2 heterocycles. The summed E-state index contributed by atoms with van der Waals surface area (Å²) >= 11 is 4.46.